The standard InChI is InChI=1S/C3H9N.C3H9O3P/c1-4(2)3;1-3-6-7(2,4)5/h1-3H3;3H2,1-2H3,(H,4,5)/p-1. The molecule has 0 aromatic heterocycles. The van der Waals surface area contributed by atoms with E-state index in [4.69, 9.17) is 0 Å². The van der Waals surface area contributed by atoms with Crippen LogP contribution >= 0.6 is 7.60 Å². The lowest BCUT2D eigenvalue weighted by Gasteiger charge is -2.15. The van der Waals surface area contributed by atoms with Gasteiger partial charge in [0, 0.05) is 6.66 Å². The van der Waals surface area contributed by atoms with E-state index < -0.39 is 7.60 Å². The highest BCUT2D eigenvalue weighted by atomic mass is 31.2. The van der Waals surface area contributed by atoms with Crippen LogP contribution in [-0.4, -0.2) is 39.3 Å². The first-order valence-electron chi connectivity index (χ1n) is 3.33. The fourth-order valence-electron chi connectivity index (χ4n) is 0.235. The molecule has 1 unspecified atom stereocenters. The minimum Gasteiger partial charge on any atom is -0.779 e. The van der Waals surface area contributed by atoms with E-state index in [1.54, 1.807) is 6.92 Å². The van der Waals surface area contributed by atoms with Crippen LogP contribution in [0.1, 0.15) is 6.92 Å². The minimum absolute atomic E-state index is 0.233. The van der Waals surface area contributed by atoms with Crippen molar-refractivity contribution in [2.75, 3.05) is 34.4 Å². The highest BCUT2D eigenvalue weighted by molar-refractivity contribution is 7.50. The summed E-state index contributed by atoms with van der Waals surface area (Å²) in [6.45, 7) is 2.92. The Morgan fingerprint density at radius 2 is 1.73 bits per heavy atom. The Balaban J connectivity index is 0. The van der Waals surface area contributed by atoms with Crippen LogP contribution in [0.5, 0.6) is 0 Å². The zero-order chi connectivity index (χ0) is 9.49. The van der Waals surface area contributed by atoms with Crippen LogP contribution in [0.15, 0.2) is 0 Å². The molecule has 0 amide bonds. The van der Waals surface area contributed by atoms with E-state index in [1.165, 1.54) is 0 Å². The molecule has 0 N–H and O–H groups in total. The fourth-order valence-corrected chi connectivity index (χ4v) is 0.704. The van der Waals surface area contributed by atoms with Crippen molar-refractivity contribution in [1.82, 2.24) is 4.90 Å². The van der Waals surface area contributed by atoms with Gasteiger partial charge in [0.05, 0.1) is 6.61 Å². The first-order valence-corrected chi connectivity index (χ1v) is 5.32. The molecule has 0 saturated carbocycles. The maximum atomic E-state index is 10.0. The number of rotatable bonds is 2. The molecule has 0 aromatic carbocycles. The van der Waals surface area contributed by atoms with Crippen molar-refractivity contribution in [3.05, 3.63) is 0 Å². The SMILES string of the molecule is CCOP(C)(=O)[O-].CN(C)C. The zero-order valence-corrected chi connectivity index (χ0v) is 8.72. The van der Waals surface area contributed by atoms with Crippen molar-refractivity contribution in [2.45, 2.75) is 6.92 Å². The summed E-state index contributed by atoms with van der Waals surface area (Å²) in [6, 6.07) is 0. The van der Waals surface area contributed by atoms with Gasteiger partial charge in [0.2, 0.25) is 0 Å². The quantitative estimate of drug-likeness (QED) is 0.579. The predicted molar refractivity (Wildman–Crippen MR) is 44.8 cm³/mol. The van der Waals surface area contributed by atoms with Crippen molar-refractivity contribution in [3.8, 4) is 0 Å². The molecule has 11 heavy (non-hydrogen) atoms. The molecule has 0 aliphatic heterocycles. The number of hydrogen-bond acceptors (Lipinski definition) is 4. The summed E-state index contributed by atoms with van der Waals surface area (Å²) in [6.07, 6.45) is 0. The van der Waals surface area contributed by atoms with Crippen molar-refractivity contribution < 1.29 is 14.0 Å². The van der Waals surface area contributed by atoms with E-state index in [0.29, 0.717) is 0 Å². The molecule has 0 spiro atoms. The zero-order valence-electron chi connectivity index (χ0n) is 7.83. The van der Waals surface area contributed by atoms with Crippen LogP contribution in [0.2, 0.25) is 0 Å². The van der Waals surface area contributed by atoms with Gasteiger partial charge in [-0.05, 0) is 28.1 Å². The molecule has 4 nitrogen and oxygen atoms in total. The first kappa shape index (κ1) is 13.7. The van der Waals surface area contributed by atoms with Gasteiger partial charge in [0.1, 0.15) is 7.60 Å². The minimum atomic E-state index is -3.42. The predicted octanol–water partition coefficient (Wildman–Crippen LogP) is 0.384. The van der Waals surface area contributed by atoms with Gasteiger partial charge >= 0.3 is 0 Å². The Hall–Kier alpha value is 0.110. The second kappa shape index (κ2) is 6.80. The van der Waals surface area contributed by atoms with Crippen molar-refractivity contribution in [1.29, 1.82) is 0 Å². The number of nitrogens with zero attached hydrogens (tertiary/aromatic N) is 1. The van der Waals surface area contributed by atoms with Gasteiger partial charge in [-0.3, -0.25) is 0 Å². The van der Waals surface area contributed by atoms with Crippen LogP contribution in [0.4, 0.5) is 0 Å². The van der Waals surface area contributed by atoms with E-state index >= 15 is 0 Å². The van der Waals surface area contributed by atoms with Gasteiger partial charge < -0.3 is 18.9 Å². The molecule has 0 rings (SSSR count). The Morgan fingerprint density at radius 1 is 1.45 bits per heavy atom. The maximum absolute atomic E-state index is 10.0. The van der Waals surface area contributed by atoms with Crippen LogP contribution in [0, 0.1) is 0 Å². The van der Waals surface area contributed by atoms with Gasteiger partial charge in [-0.15, -0.1) is 0 Å². The van der Waals surface area contributed by atoms with E-state index in [1.807, 2.05) is 26.0 Å². The molecule has 5 heteroatoms. The molecular weight excluding hydrogens is 165 g/mol. The molecule has 70 valence electrons. The Morgan fingerprint density at radius 3 is 1.73 bits per heavy atom. The average molecular weight is 182 g/mol. The molecule has 0 aliphatic rings. The lowest BCUT2D eigenvalue weighted by atomic mass is 10.9. The van der Waals surface area contributed by atoms with Crippen LogP contribution in [0.25, 0.3) is 0 Å². The Bertz CT molecular complexity index is 118. The smallest absolute Gasteiger partial charge is 0.131 e. The molecule has 0 fully saturated rings. The van der Waals surface area contributed by atoms with Crippen LogP contribution < -0.4 is 4.89 Å². The third-order valence-corrected chi connectivity index (χ3v) is 1.09. The van der Waals surface area contributed by atoms with Gasteiger partial charge in [-0.1, -0.05) is 0 Å². The lowest BCUT2D eigenvalue weighted by molar-refractivity contribution is -0.196. The summed E-state index contributed by atoms with van der Waals surface area (Å²) >= 11 is 0. The summed E-state index contributed by atoms with van der Waals surface area (Å²) in [4.78, 5) is 12.0. The number of hydrogen-bond donors (Lipinski definition) is 0. The monoisotopic (exact) mass is 182 g/mol. The molecule has 1 atom stereocenters. The molecule has 0 aromatic rings. The van der Waals surface area contributed by atoms with Crippen molar-refractivity contribution in [2.24, 2.45) is 0 Å². The fraction of sp³-hybridized carbons (Fsp3) is 1.00. The van der Waals surface area contributed by atoms with E-state index in [-0.39, 0.29) is 6.61 Å². The summed E-state index contributed by atoms with van der Waals surface area (Å²) in [7, 11) is 2.58. The first-order chi connectivity index (χ1) is 4.79. The molecule has 0 aliphatic carbocycles. The maximum Gasteiger partial charge on any atom is 0.131 e. The van der Waals surface area contributed by atoms with E-state index in [0.717, 1.165) is 6.66 Å². The molecule has 0 saturated heterocycles. The second-order valence-electron chi connectivity index (χ2n) is 2.53. The summed E-state index contributed by atoms with van der Waals surface area (Å²) < 4.78 is 14.3. The largest absolute Gasteiger partial charge is 0.779 e. The summed E-state index contributed by atoms with van der Waals surface area (Å²) in [5.74, 6) is 0. The van der Waals surface area contributed by atoms with E-state index in [2.05, 4.69) is 4.52 Å². The van der Waals surface area contributed by atoms with E-state index in [9.17, 15) is 9.46 Å². The Labute approximate surface area is 68.7 Å². The van der Waals surface area contributed by atoms with Crippen molar-refractivity contribution >= 4 is 7.60 Å². The lowest BCUT2D eigenvalue weighted by Crippen LogP contribution is -2.01. The van der Waals surface area contributed by atoms with Gasteiger partial charge in [0.25, 0.3) is 0 Å². The average Bonchev–Trinajstić information content (AvgIpc) is 1.58. The highest BCUT2D eigenvalue weighted by Gasteiger charge is 1.92. The third kappa shape index (κ3) is 39.4. The molecule has 0 bridgehead atoms. The van der Waals surface area contributed by atoms with Crippen LogP contribution in [-0.2, 0) is 9.09 Å². The normalized spacial score (nSPS) is 15.2. The molecule has 0 heterocycles. The molecular formula is C6H17NO3P-. The Kier molecular flexibility index (Phi) is 8.46. The van der Waals surface area contributed by atoms with Gasteiger partial charge in [-0.2, -0.15) is 0 Å². The van der Waals surface area contributed by atoms with Crippen LogP contribution in [0.3, 0.4) is 0 Å². The summed E-state index contributed by atoms with van der Waals surface area (Å²) in [5, 5.41) is 0. The third-order valence-electron chi connectivity index (χ3n) is 0.364. The second-order valence-corrected chi connectivity index (χ2v) is 4.33. The summed E-state index contributed by atoms with van der Waals surface area (Å²) in [5.41, 5.74) is 0. The van der Waals surface area contributed by atoms with Gasteiger partial charge in [0.15, 0.2) is 0 Å². The topological polar surface area (TPSA) is 52.6 Å². The van der Waals surface area contributed by atoms with Crippen molar-refractivity contribution in [3.63, 3.8) is 0 Å². The molecule has 0 radical (unpaired) electrons. The highest BCUT2D eigenvalue weighted by Crippen LogP contribution is 2.29. The van der Waals surface area contributed by atoms with Gasteiger partial charge in [-0.25, -0.2) is 0 Å².